The summed E-state index contributed by atoms with van der Waals surface area (Å²) in [5, 5.41) is 6.22. The van der Waals surface area contributed by atoms with E-state index in [1.54, 1.807) is 32.4 Å². The highest BCUT2D eigenvalue weighted by Crippen LogP contribution is 2.24. The van der Waals surface area contributed by atoms with E-state index in [1.165, 1.54) is 12.8 Å². The van der Waals surface area contributed by atoms with Gasteiger partial charge in [0.15, 0.2) is 0 Å². The minimum atomic E-state index is -0.128. The zero-order valence-electron chi connectivity index (χ0n) is 11.4. The Balaban J connectivity index is 1.89. The molecule has 0 aliphatic heterocycles. The fraction of sp³-hybridized carbons (Fsp3) is 0.500. The van der Waals surface area contributed by atoms with Gasteiger partial charge in [-0.3, -0.25) is 4.79 Å². The van der Waals surface area contributed by atoms with Crippen molar-refractivity contribution in [2.24, 2.45) is 0 Å². The first-order valence-electron chi connectivity index (χ1n) is 6.48. The molecule has 2 N–H and O–H groups in total. The number of ether oxygens (including phenoxy) is 2. The van der Waals surface area contributed by atoms with E-state index in [4.69, 9.17) is 9.47 Å². The average Bonchev–Trinajstić information content (AvgIpc) is 3.26. The molecule has 0 spiro atoms. The van der Waals surface area contributed by atoms with Crippen molar-refractivity contribution in [2.45, 2.75) is 18.9 Å². The van der Waals surface area contributed by atoms with E-state index in [9.17, 15) is 4.79 Å². The van der Waals surface area contributed by atoms with Crippen LogP contribution in [-0.4, -0.2) is 39.3 Å². The molecule has 0 atom stereocenters. The number of hydrogen-bond acceptors (Lipinski definition) is 4. The Hall–Kier alpha value is -1.75. The number of benzene rings is 1. The van der Waals surface area contributed by atoms with Crippen LogP contribution in [0, 0.1) is 0 Å². The van der Waals surface area contributed by atoms with Crippen LogP contribution in [0.3, 0.4) is 0 Å². The van der Waals surface area contributed by atoms with Crippen molar-refractivity contribution >= 4 is 5.91 Å². The molecule has 0 aromatic heterocycles. The second-order valence-corrected chi connectivity index (χ2v) is 4.55. The first-order chi connectivity index (χ1) is 9.24. The van der Waals surface area contributed by atoms with Gasteiger partial charge in [-0.2, -0.15) is 0 Å². The van der Waals surface area contributed by atoms with Crippen LogP contribution in [0.15, 0.2) is 18.2 Å². The number of rotatable bonds is 7. The van der Waals surface area contributed by atoms with Crippen molar-refractivity contribution in [3.8, 4) is 11.5 Å². The van der Waals surface area contributed by atoms with Gasteiger partial charge < -0.3 is 20.1 Å². The van der Waals surface area contributed by atoms with Crippen LogP contribution in [-0.2, 0) is 0 Å². The predicted molar refractivity (Wildman–Crippen MR) is 72.9 cm³/mol. The zero-order chi connectivity index (χ0) is 13.7. The van der Waals surface area contributed by atoms with Crippen molar-refractivity contribution in [2.75, 3.05) is 27.3 Å². The third-order valence-corrected chi connectivity index (χ3v) is 3.07. The Morgan fingerprint density at radius 3 is 2.68 bits per heavy atom. The summed E-state index contributed by atoms with van der Waals surface area (Å²) < 4.78 is 10.3. The monoisotopic (exact) mass is 264 g/mol. The summed E-state index contributed by atoms with van der Waals surface area (Å²) >= 11 is 0. The number of amides is 1. The van der Waals surface area contributed by atoms with Crippen LogP contribution < -0.4 is 20.1 Å². The van der Waals surface area contributed by atoms with Gasteiger partial charge in [-0.25, -0.2) is 0 Å². The maximum atomic E-state index is 12.0. The van der Waals surface area contributed by atoms with Gasteiger partial charge in [0, 0.05) is 25.2 Å². The van der Waals surface area contributed by atoms with E-state index in [0.29, 0.717) is 29.6 Å². The summed E-state index contributed by atoms with van der Waals surface area (Å²) in [4.78, 5) is 12.0. The molecular formula is C14H20N2O3. The van der Waals surface area contributed by atoms with Crippen molar-refractivity contribution < 1.29 is 14.3 Å². The minimum Gasteiger partial charge on any atom is -0.497 e. The molecule has 1 saturated carbocycles. The van der Waals surface area contributed by atoms with E-state index < -0.39 is 0 Å². The number of nitrogens with one attached hydrogen (secondary N) is 2. The second kappa shape index (κ2) is 6.43. The fourth-order valence-electron chi connectivity index (χ4n) is 1.82. The molecule has 5 nitrogen and oxygen atoms in total. The molecular weight excluding hydrogens is 244 g/mol. The van der Waals surface area contributed by atoms with Gasteiger partial charge in [0.2, 0.25) is 0 Å². The Kier molecular flexibility index (Phi) is 4.63. The zero-order valence-corrected chi connectivity index (χ0v) is 11.4. The first kappa shape index (κ1) is 13.7. The van der Waals surface area contributed by atoms with Crippen LogP contribution in [0.2, 0.25) is 0 Å². The quantitative estimate of drug-likeness (QED) is 0.726. The highest BCUT2D eigenvalue weighted by atomic mass is 16.5. The van der Waals surface area contributed by atoms with Gasteiger partial charge in [0.1, 0.15) is 11.5 Å². The number of carbonyl (C=O) groups excluding carboxylic acids is 1. The second-order valence-electron chi connectivity index (χ2n) is 4.55. The van der Waals surface area contributed by atoms with Crippen LogP contribution in [0.1, 0.15) is 23.2 Å². The maximum Gasteiger partial charge on any atom is 0.255 e. The molecule has 5 heteroatoms. The molecule has 1 aromatic carbocycles. The van der Waals surface area contributed by atoms with Crippen LogP contribution in [0.25, 0.3) is 0 Å². The summed E-state index contributed by atoms with van der Waals surface area (Å²) in [5.41, 5.74) is 0.523. The molecule has 1 aliphatic rings. The Morgan fingerprint density at radius 1 is 1.26 bits per heavy atom. The van der Waals surface area contributed by atoms with Gasteiger partial charge >= 0.3 is 0 Å². The number of carbonyl (C=O) groups is 1. The highest BCUT2D eigenvalue weighted by molar-refractivity contribution is 5.97. The van der Waals surface area contributed by atoms with E-state index >= 15 is 0 Å². The van der Waals surface area contributed by atoms with Gasteiger partial charge in [-0.05, 0) is 25.0 Å². The Labute approximate surface area is 113 Å². The molecule has 1 amide bonds. The maximum absolute atomic E-state index is 12.0. The van der Waals surface area contributed by atoms with Crippen molar-refractivity contribution in [3.63, 3.8) is 0 Å². The smallest absolute Gasteiger partial charge is 0.255 e. The van der Waals surface area contributed by atoms with E-state index in [-0.39, 0.29) is 5.91 Å². The molecule has 2 rings (SSSR count). The lowest BCUT2D eigenvalue weighted by molar-refractivity contribution is 0.0951. The standard InChI is InChI=1S/C14H20N2O3/c1-18-11-5-6-12(13(9-11)19-2)14(17)16-8-7-15-10-3-4-10/h5-6,9-10,15H,3-4,7-8H2,1-2H3,(H,16,17). The molecule has 104 valence electrons. The molecule has 1 aliphatic carbocycles. The van der Waals surface area contributed by atoms with Gasteiger partial charge in [0.25, 0.3) is 5.91 Å². The minimum absolute atomic E-state index is 0.128. The SMILES string of the molecule is COc1ccc(C(=O)NCCNC2CC2)c(OC)c1. The summed E-state index contributed by atoms with van der Waals surface area (Å²) in [7, 11) is 3.12. The molecule has 0 heterocycles. The first-order valence-corrected chi connectivity index (χ1v) is 6.48. The van der Waals surface area contributed by atoms with E-state index in [2.05, 4.69) is 10.6 Å². The Bertz CT molecular complexity index is 444. The number of methoxy groups -OCH3 is 2. The predicted octanol–water partition coefficient (Wildman–Crippen LogP) is 1.19. The van der Waals surface area contributed by atoms with Crippen molar-refractivity contribution in [1.29, 1.82) is 0 Å². The van der Waals surface area contributed by atoms with Crippen LogP contribution in [0.4, 0.5) is 0 Å². The molecule has 0 radical (unpaired) electrons. The largest absolute Gasteiger partial charge is 0.497 e. The lowest BCUT2D eigenvalue weighted by atomic mass is 10.1. The van der Waals surface area contributed by atoms with Crippen molar-refractivity contribution in [3.05, 3.63) is 23.8 Å². The van der Waals surface area contributed by atoms with E-state index in [1.807, 2.05) is 0 Å². The van der Waals surface area contributed by atoms with Crippen LogP contribution >= 0.6 is 0 Å². The summed E-state index contributed by atoms with van der Waals surface area (Å²) in [6.07, 6.45) is 2.50. The summed E-state index contributed by atoms with van der Waals surface area (Å²) in [6, 6.07) is 5.82. The normalized spacial score (nSPS) is 14.0. The lowest BCUT2D eigenvalue weighted by Crippen LogP contribution is -2.32. The Morgan fingerprint density at radius 2 is 2.05 bits per heavy atom. The van der Waals surface area contributed by atoms with Crippen LogP contribution in [0.5, 0.6) is 11.5 Å². The van der Waals surface area contributed by atoms with E-state index in [0.717, 1.165) is 6.54 Å². The fourth-order valence-corrected chi connectivity index (χ4v) is 1.82. The molecule has 0 bridgehead atoms. The summed E-state index contributed by atoms with van der Waals surface area (Å²) in [5.74, 6) is 1.06. The van der Waals surface area contributed by atoms with Gasteiger partial charge in [-0.15, -0.1) is 0 Å². The topological polar surface area (TPSA) is 59.6 Å². The lowest BCUT2D eigenvalue weighted by Gasteiger charge is -2.11. The number of hydrogen-bond donors (Lipinski definition) is 2. The summed E-state index contributed by atoms with van der Waals surface area (Å²) in [6.45, 7) is 1.42. The molecule has 1 fully saturated rings. The van der Waals surface area contributed by atoms with Gasteiger partial charge in [-0.1, -0.05) is 0 Å². The highest BCUT2D eigenvalue weighted by Gasteiger charge is 2.19. The third kappa shape index (κ3) is 3.86. The van der Waals surface area contributed by atoms with Gasteiger partial charge in [0.05, 0.1) is 19.8 Å². The average molecular weight is 264 g/mol. The van der Waals surface area contributed by atoms with Crippen molar-refractivity contribution in [1.82, 2.24) is 10.6 Å². The molecule has 0 unspecified atom stereocenters. The third-order valence-electron chi connectivity index (χ3n) is 3.07. The molecule has 1 aromatic rings. The molecule has 0 saturated heterocycles. The molecule has 19 heavy (non-hydrogen) atoms.